The van der Waals surface area contributed by atoms with E-state index in [9.17, 15) is 5.11 Å². The third kappa shape index (κ3) is 4.03. The molecule has 1 aliphatic heterocycles. The van der Waals surface area contributed by atoms with Crippen LogP contribution in [0.1, 0.15) is 24.8 Å². The third-order valence-electron chi connectivity index (χ3n) is 3.63. The van der Waals surface area contributed by atoms with Crippen molar-refractivity contribution in [3.05, 3.63) is 35.9 Å². The topological polar surface area (TPSA) is 59.3 Å². The van der Waals surface area contributed by atoms with Crippen molar-refractivity contribution in [3.63, 3.8) is 0 Å². The SMILES string of the molecule is N#CCCNN1CCC(O)C1CCc1ccccc1. The molecule has 0 aliphatic carbocycles. The number of hydrazine groups is 1. The van der Waals surface area contributed by atoms with Crippen molar-refractivity contribution in [2.75, 3.05) is 13.1 Å². The van der Waals surface area contributed by atoms with E-state index in [1.807, 2.05) is 18.2 Å². The Hall–Kier alpha value is -1.41. The zero-order valence-electron chi connectivity index (χ0n) is 11.1. The molecule has 2 unspecified atom stereocenters. The second-order valence-electron chi connectivity index (χ2n) is 4.96. The third-order valence-corrected chi connectivity index (χ3v) is 3.63. The Morgan fingerprint density at radius 2 is 2.16 bits per heavy atom. The maximum atomic E-state index is 10.0. The van der Waals surface area contributed by atoms with E-state index in [0.29, 0.717) is 13.0 Å². The molecule has 0 spiro atoms. The number of aliphatic hydroxyl groups excluding tert-OH is 1. The van der Waals surface area contributed by atoms with E-state index in [-0.39, 0.29) is 12.1 Å². The van der Waals surface area contributed by atoms with Gasteiger partial charge < -0.3 is 5.11 Å². The monoisotopic (exact) mass is 259 g/mol. The number of rotatable bonds is 6. The van der Waals surface area contributed by atoms with Gasteiger partial charge in [-0.2, -0.15) is 5.26 Å². The normalized spacial score (nSPS) is 23.4. The van der Waals surface area contributed by atoms with Crippen molar-refractivity contribution in [3.8, 4) is 6.07 Å². The lowest BCUT2D eigenvalue weighted by Gasteiger charge is -2.26. The van der Waals surface area contributed by atoms with Crippen LogP contribution in [0, 0.1) is 11.3 Å². The molecular weight excluding hydrogens is 238 g/mol. The van der Waals surface area contributed by atoms with E-state index in [4.69, 9.17) is 5.26 Å². The first-order valence-electron chi connectivity index (χ1n) is 6.90. The minimum Gasteiger partial charge on any atom is -0.391 e. The van der Waals surface area contributed by atoms with Gasteiger partial charge in [-0.1, -0.05) is 30.3 Å². The van der Waals surface area contributed by atoms with E-state index in [1.165, 1.54) is 5.56 Å². The minimum absolute atomic E-state index is 0.152. The van der Waals surface area contributed by atoms with Crippen LogP contribution in [0.15, 0.2) is 30.3 Å². The first-order valence-corrected chi connectivity index (χ1v) is 6.90. The molecule has 1 heterocycles. The molecule has 1 fully saturated rings. The molecule has 0 amide bonds. The Morgan fingerprint density at radius 3 is 2.89 bits per heavy atom. The quantitative estimate of drug-likeness (QED) is 0.760. The first-order chi connectivity index (χ1) is 9.31. The number of aryl methyl sites for hydroxylation is 1. The zero-order chi connectivity index (χ0) is 13.5. The van der Waals surface area contributed by atoms with Gasteiger partial charge in [-0.15, -0.1) is 0 Å². The van der Waals surface area contributed by atoms with E-state index in [1.54, 1.807) is 0 Å². The molecule has 0 bridgehead atoms. The van der Waals surface area contributed by atoms with Crippen LogP contribution >= 0.6 is 0 Å². The average Bonchev–Trinajstić information content (AvgIpc) is 2.79. The largest absolute Gasteiger partial charge is 0.391 e. The summed E-state index contributed by atoms with van der Waals surface area (Å²) in [5.74, 6) is 0. The molecule has 0 saturated carbocycles. The molecule has 19 heavy (non-hydrogen) atoms. The summed E-state index contributed by atoms with van der Waals surface area (Å²) in [5, 5.41) is 20.7. The molecule has 2 atom stereocenters. The van der Waals surface area contributed by atoms with Gasteiger partial charge in [0.2, 0.25) is 0 Å². The van der Waals surface area contributed by atoms with Crippen LogP contribution in [0.5, 0.6) is 0 Å². The zero-order valence-corrected chi connectivity index (χ0v) is 11.1. The summed E-state index contributed by atoms with van der Waals surface area (Å²) >= 11 is 0. The average molecular weight is 259 g/mol. The predicted molar refractivity (Wildman–Crippen MR) is 74.1 cm³/mol. The highest BCUT2D eigenvalue weighted by Gasteiger charge is 2.32. The Bertz CT molecular complexity index is 415. The Morgan fingerprint density at radius 1 is 1.37 bits per heavy atom. The van der Waals surface area contributed by atoms with Crippen molar-refractivity contribution in [2.45, 2.75) is 37.8 Å². The Balaban J connectivity index is 1.84. The summed E-state index contributed by atoms with van der Waals surface area (Å²) in [6, 6.07) is 12.6. The number of nitrogens with zero attached hydrogens (tertiary/aromatic N) is 2. The second-order valence-corrected chi connectivity index (χ2v) is 4.96. The molecule has 102 valence electrons. The van der Waals surface area contributed by atoms with Gasteiger partial charge in [0.05, 0.1) is 18.2 Å². The van der Waals surface area contributed by atoms with Crippen molar-refractivity contribution >= 4 is 0 Å². The highest BCUT2D eigenvalue weighted by Crippen LogP contribution is 2.20. The molecule has 1 saturated heterocycles. The molecular formula is C15H21N3O. The van der Waals surface area contributed by atoms with Gasteiger partial charge in [0, 0.05) is 19.5 Å². The van der Waals surface area contributed by atoms with Crippen molar-refractivity contribution in [2.24, 2.45) is 0 Å². The smallest absolute Gasteiger partial charge is 0.0722 e. The van der Waals surface area contributed by atoms with E-state index in [2.05, 4.69) is 28.6 Å². The standard InChI is InChI=1S/C15H21N3O/c16-10-4-11-17-18-12-9-15(19)14(18)8-7-13-5-2-1-3-6-13/h1-3,5-6,14-15,17,19H,4,7-9,11-12H2. The summed E-state index contributed by atoms with van der Waals surface area (Å²) in [6.45, 7) is 1.51. The number of benzene rings is 1. The van der Waals surface area contributed by atoms with E-state index in [0.717, 1.165) is 25.8 Å². The van der Waals surface area contributed by atoms with Crippen LogP contribution in [-0.2, 0) is 6.42 Å². The number of nitriles is 1. The first kappa shape index (κ1) is 14.0. The lowest BCUT2D eigenvalue weighted by molar-refractivity contribution is 0.0823. The minimum atomic E-state index is -0.265. The van der Waals surface area contributed by atoms with Crippen LogP contribution in [0.4, 0.5) is 0 Å². The molecule has 4 nitrogen and oxygen atoms in total. The summed E-state index contributed by atoms with van der Waals surface area (Å²) in [7, 11) is 0. The van der Waals surface area contributed by atoms with Gasteiger partial charge in [0.15, 0.2) is 0 Å². The van der Waals surface area contributed by atoms with Gasteiger partial charge in [0.1, 0.15) is 0 Å². The molecule has 2 rings (SSSR count). The van der Waals surface area contributed by atoms with Gasteiger partial charge in [-0.25, -0.2) is 5.01 Å². The highest BCUT2D eigenvalue weighted by molar-refractivity contribution is 5.15. The summed E-state index contributed by atoms with van der Waals surface area (Å²) in [6.07, 6.45) is 2.94. The lowest BCUT2D eigenvalue weighted by Crippen LogP contribution is -2.45. The number of hydrogen-bond acceptors (Lipinski definition) is 4. The number of nitrogens with one attached hydrogen (secondary N) is 1. The second kappa shape index (κ2) is 7.25. The van der Waals surface area contributed by atoms with E-state index >= 15 is 0 Å². The summed E-state index contributed by atoms with van der Waals surface area (Å²) < 4.78 is 0. The summed E-state index contributed by atoms with van der Waals surface area (Å²) in [5.41, 5.74) is 4.55. The predicted octanol–water partition coefficient (Wildman–Crippen LogP) is 1.47. The van der Waals surface area contributed by atoms with Crippen LogP contribution in [0.25, 0.3) is 0 Å². The van der Waals surface area contributed by atoms with Crippen molar-refractivity contribution in [1.29, 1.82) is 5.26 Å². The lowest BCUT2D eigenvalue weighted by atomic mass is 10.0. The number of aliphatic hydroxyl groups is 1. The maximum absolute atomic E-state index is 10.0. The highest BCUT2D eigenvalue weighted by atomic mass is 16.3. The van der Waals surface area contributed by atoms with Crippen molar-refractivity contribution < 1.29 is 5.11 Å². The number of hydrogen-bond donors (Lipinski definition) is 2. The molecule has 0 aromatic heterocycles. The van der Waals surface area contributed by atoms with E-state index < -0.39 is 0 Å². The Labute approximate surface area is 114 Å². The van der Waals surface area contributed by atoms with Gasteiger partial charge in [-0.05, 0) is 24.8 Å². The van der Waals surface area contributed by atoms with Gasteiger partial charge in [0.25, 0.3) is 0 Å². The molecule has 1 aromatic carbocycles. The fourth-order valence-corrected chi connectivity index (χ4v) is 2.60. The van der Waals surface area contributed by atoms with Gasteiger partial charge in [-0.3, -0.25) is 5.43 Å². The molecule has 2 N–H and O–H groups in total. The van der Waals surface area contributed by atoms with Crippen molar-refractivity contribution in [1.82, 2.24) is 10.4 Å². The maximum Gasteiger partial charge on any atom is 0.0722 e. The van der Waals surface area contributed by atoms with Crippen LogP contribution in [0.2, 0.25) is 0 Å². The molecule has 0 radical (unpaired) electrons. The fourth-order valence-electron chi connectivity index (χ4n) is 2.60. The molecule has 1 aliphatic rings. The van der Waals surface area contributed by atoms with Crippen LogP contribution in [-0.4, -0.2) is 35.4 Å². The fraction of sp³-hybridized carbons (Fsp3) is 0.533. The Kier molecular flexibility index (Phi) is 5.34. The molecule has 4 heteroatoms. The molecule has 1 aromatic rings. The van der Waals surface area contributed by atoms with Crippen LogP contribution in [0.3, 0.4) is 0 Å². The summed E-state index contributed by atoms with van der Waals surface area (Å²) in [4.78, 5) is 0. The van der Waals surface area contributed by atoms with Crippen LogP contribution < -0.4 is 5.43 Å². The van der Waals surface area contributed by atoms with Gasteiger partial charge >= 0.3 is 0 Å².